The van der Waals surface area contributed by atoms with Crippen molar-refractivity contribution < 1.29 is 14.1 Å². The minimum absolute atomic E-state index is 0.159. The number of carbonyl (C=O) groups excluding carboxylic acids is 1. The first-order chi connectivity index (χ1) is 12.1. The number of para-hydroxylation sites is 2. The van der Waals surface area contributed by atoms with E-state index in [0.717, 1.165) is 0 Å². The Morgan fingerprint density at radius 3 is 2.44 bits per heavy atom. The molecule has 0 fully saturated rings. The average molecular weight is 333 g/mol. The monoisotopic (exact) mass is 333 g/mol. The molecule has 0 saturated heterocycles. The fraction of sp³-hybridized carbons (Fsp3) is 0. The summed E-state index contributed by atoms with van der Waals surface area (Å²) >= 11 is 0. The molecule has 7 heteroatoms. The summed E-state index contributed by atoms with van der Waals surface area (Å²) in [5.41, 5.74) is 1.68. The van der Waals surface area contributed by atoms with Gasteiger partial charge in [0.2, 0.25) is 0 Å². The molecule has 0 unspecified atom stereocenters. The van der Waals surface area contributed by atoms with Crippen molar-refractivity contribution in [3.8, 4) is 11.6 Å². The van der Waals surface area contributed by atoms with Gasteiger partial charge >= 0.3 is 5.88 Å². The predicted molar refractivity (Wildman–Crippen MR) is 90.3 cm³/mol. The van der Waals surface area contributed by atoms with Crippen LogP contribution in [0.4, 0.5) is 5.88 Å². The molecule has 0 amide bonds. The number of rotatable bonds is 3. The number of hydrogen-bond donors (Lipinski definition) is 0. The van der Waals surface area contributed by atoms with Crippen molar-refractivity contribution in [2.45, 2.75) is 0 Å². The third kappa shape index (κ3) is 2.47. The maximum absolute atomic E-state index is 13.0. The fourth-order valence-electron chi connectivity index (χ4n) is 2.65. The summed E-state index contributed by atoms with van der Waals surface area (Å²) < 4.78 is 6.66. The molecule has 122 valence electrons. The van der Waals surface area contributed by atoms with Crippen LogP contribution in [0.15, 0.2) is 71.1 Å². The van der Waals surface area contributed by atoms with Crippen LogP contribution in [0.1, 0.15) is 10.4 Å². The van der Waals surface area contributed by atoms with Crippen LogP contribution >= 0.6 is 0 Å². The number of nitrogens with zero attached hydrogens (tertiary/aromatic N) is 3. The SMILES string of the molecule is O=C(c1ccccc1)n1c(-c2ccc([N+](=O)[O-])o2)nc2ccccc21. The lowest BCUT2D eigenvalue weighted by Gasteiger charge is -2.06. The van der Waals surface area contributed by atoms with Gasteiger partial charge in [0, 0.05) is 5.56 Å². The van der Waals surface area contributed by atoms with Crippen molar-refractivity contribution in [3.63, 3.8) is 0 Å². The van der Waals surface area contributed by atoms with Gasteiger partial charge in [-0.05, 0) is 30.3 Å². The van der Waals surface area contributed by atoms with Crippen LogP contribution in [0.5, 0.6) is 0 Å². The van der Waals surface area contributed by atoms with Crippen molar-refractivity contribution in [1.29, 1.82) is 0 Å². The van der Waals surface area contributed by atoms with Crippen molar-refractivity contribution in [2.24, 2.45) is 0 Å². The van der Waals surface area contributed by atoms with E-state index in [2.05, 4.69) is 4.98 Å². The van der Waals surface area contributed by atoms with E-state index in [9.17, 15) is 14.9 Å². The van der Waals surface area contributed by atoms with Gasteiger partial charge in [0.25, 0.3) is 5.91 Å². The van der Waals surface area contributed by atoms with Crippen molar-refractivity contribution in [1.82, 2.24) is 9.55 Å². The van der Waals surface area contributed by atoms with Gasteiger partial charge in [-0.25, -0.2) is 4.98 Å². The number of benzene rings is 2. The van der Waals surface area contributed by atoms with Crippen LogP contribution in [0, 0.1) is 10.1 Å². The van der Waals surface area contributed by atoms with E-state index in [1.54, 1.807) is 48.5 Å². The maximum Gasteiger partial charge on any atom is 0.433 e. The molecule has 0 N–H and O–H groups in total. The Morgan fingerprint density at radius 2 is 1.72 bits per heavy atom. The zero-order valence-corrected chi connectivity index (χ0v) is 12.8. The standard InChI is InChI=1S/C18H11N3O4/c22-18(12-6-2-1-3-7-12)20-14-9-5-4-8-13(14)19-17(20)15-10-11-16(25-15)21(23)24/h1-11H. The summed E-state index contributed by atoms with van der Waals surface area (Å²) in [5, 5.41) is 10.9. The van der Waals surface area contributed by atoms with E-state index in [0.29, 0.717) is 16.6 Å². The molecule has 0 aliphatic heterocycles. The summed E-state index contributed by atoms with van der Waals surface area (Å²) in [6, 6.07) is 18.6. The van der Waals surface area contributed by atoms with Crippen LogP contribution in [0.3, 0.4) is 0 Å². The topological polar surface area (TPSA) is 91.2 Å². The second-order valence-electron chi connectivity index (χ2n) is 5.33. The molecular formula is C18H11N3O4. The molecule has 0 atom stereocenters. The molecule has 0 radical (unpaired) electrons. The largest absolute Gasteiger partial charge is 0.433 e. The molecule has 2 heterocycles. The first-order valence-electron chi connectivity index (χ1n) is 7.47. The van der Waals surface area contributed by atoms with E-state index in [4.69, 9.17) is 4.42 Å². The highest BCUT2D eigenvalue weighted by Crippen LogP contribution is 2.29. The van der Waals surface area contributed by atoms with Crippen LogP contribution in [-0.2, 0) is 0 Å². The van der Waals surface area contributed by atoms with E-state index >= 15 is 0 Å². The number of hydrogen-bond acceptors (Lipinski definition) is 5. The Kier molecular flexibility index (Phi) is 3.39. The van der Waals surface area contributed by atoms with Gasteiger partial charge in [0.1, 0.15) is 4.92 Å². The van der Waals surface area contributed by atoms with E-state index in [-0.39, 0.29) is 17.5 Å². The molecule has 25 heavy (non-hydrogen) atoms. The molecule has 2 aromatic carbocycles. The van der Waals surface area contributed by atoms with Gasteiger partial charge < -0.3 is 4.42 Å². The van der Waals surface area contributed by atoms with E-state index in [1.807, 2.05) is 6.07 Å². The van der Waals surface area contributed by atoms with Gasteiger partial charge in [-0.15, -0.1) is 0 Å². The molecule has 0 bridgehead atoms. The highest BCUT2D eigenvalue weighted by Gasteiger charge is 2.23. The summed E-state index contributed by atoms with van der Waals surface area (Å²) in [6.07, 6.45) is 0. The normalized spacial score (nSPS) is 10.9. The number of aromatic nitrogens is 2. The third-order valence-electron chi connectivity index (χ3n) is 3.78. The zero-order chi connectivity index (χ0) is 17.4. The molecule has 4 rings (SSSR count). The first kappa shape index (κ1) is 14.8. The number of nitro groups is 1. The van der Waals surface area contributed by atoms with Gasteiger partial charge in [0.15, 0.2) is 11.6 Å². The van der Waals surface area contributed by atoms with E-state index in [1.165, 1.54) is 16.7 Å². The molecule has 4 aromatic rings. The number of fused-ring (bicyclic) bond motifs is 1. The summed E-state index contributed by atoms with van der Waals surface area (Å²) in [5.74, 6) is -0.306. The van der Waals surface area contributed by atoms with Crippen molar-refractivity contribution >= 4 is 22.8 Å². The van der Waals surface area contributed by atoms with Crippen molar-refractivity contribution in [3.05, 3.63) is 82.4 Å². The lowest BCUT2D eigenvalue weighted by Crippen LogP contribution is -2.13. The van der Waals surface area contributed by atoms with Gasteiger partial charge in [-0.3, -0.25) is 19.5 Å². The van der Waals surface area contributed by atoms with Crippen LogP contribution < -0.4 is 0 Å². The molecule has 0 saturated carbocycles. The molecular weight excluding hydrogens is 322 g/mol. The molecule has 0 spiro atoms. The van der Waals surface area contributed by atoms with Gasteiger partial charge in [-0.1, -0.05) is 30.3 Å². The summed E-state index contributed by atoms with van der Waals surface area (Å²) in [7, 11) is 0. The average Bonchev–Trinajstić information content (AvgIpc) is 3.26. The number of furan rings is 1. The molecule has 7 nitrogen and oxygen atoms in total. The zero-order valence-electron chi connectivity index (χ0n) is 12.8. The number of imidazole rings is 1. The Hall–Kier alpha value is -3.74. The molecule has 0 aliphatic rings. The Labute approximate surface area is 141 Å². The second-order valence-corrected chi connectivity index (χ2v) is 5.33. The molecule has 0 aliphatic carbocycles. The number of carbonyl (C=O) groups is 1. The van der Waals surface area contributed by atoms with Gasteiger partial charge in [-0.2, -0.15) is 0 Å². The fourth-order valence-corrected chi connectivity index (χ4v) is 2.65. The Morgan fingerprint density at radius 1 is 1.00 bits per heavy atom. The van der Waals surface area contributed by atoms with Crippen molar-refractivity contribution in [2.75, 3.05) is 0 Å². The summed E-state index contributed by atoms with van der Waals surface area (Å²) in [4.78, 5) is 27.7. The third-order valence-corrected chi connectivity index (χ3v) is 3.78. The van der Waals surface area contributed by atoms with Crippen LogP contribution in [0.25, 0.3) is 22.6 Å². The first-order valence-corrected chi connectivity index (χ1v) is 7.47. The highest BCUT2D eigenvalue weighted by molar-refractivity contribution is 6.03. The van der Waals surface area contributed by atoms with E-state index < -0.39 is 10.8 Å². The van der Waals surface area contributed by atoms with Crippen LogP contribution in [-0.4, -0.2) is 20.4 Å². The highest BCUT2D eigenvalue weighted by atomic mass is 16.6. The second kappa shape index (κ2) is 5.72. The lowest BCUT2D eigenvalue weighted by atomic mass is 10.2. The maximum atomic E-state index is 13.0. The Bertz CT molecular complexity index is 1100. The molecule has 2 aromatic heterocycles. The quantitative estimate of drug-likeness (QED) is 0.419. The van der Waals surface area contributed by atoms with Gasteiger partial charge in [0.05, 0.1) is 17.1 Å². The van der Waals surface area contributed by atoms with Crippen LogP contribution in [0.2, 0.25) is 0 Å². The Balaban J connectivity index is 1.95. The lowest BCUT2D eigenvalue weighted by molar-refractivity contribution is -0.401. The predicted octanol–water partition coefficient (Wildman–Crippen LogP) is 3.89. The minimum atomic E-state index is -0.629. The minimum Gasteiger partial charge on any atom is -0.397 e. The summed E-state index contributed by atoms with van der Waals surface area (Å²) in [6.45, 7) is 0. The smallest absolute Gasteiger partial charge is 0.397 e.